The first-order valence-electron chi connectivity index (χ1n) is 8.12. The summed E-state index contributed by atoms with van der Waals surface area (Å²) in [4.78, 5) is 0. The minimum absolute atomic E-state index is 0.565. The molecule has 0 bridgehead atoms. The van der Waals surface area contributed by atoms with E-state index in [0.29, 0.717) is 17.9 Å². The molecule has 0 fully saturated rings. The zero-order valence-electron chi connectivity index (χ0n) is 15.1. The van der Waals surface area contributed by atoms with Crippen LogP contribution in [0.2, 0.25) is 0 Å². The van der Waals surface area contributed by atoms with Crippen molar-refractivity contribution < 1.29 is 0 Å². The van der Waals surface area contributed by atoms with Gasteiger partial charge in [0.25, 0.3) is 0 Å². The fourth-order valence-corrected chi connectivity index (χ4v) is 2.62. The number of rotatable bonds is 5. The normalized spacial score (nSPS) is 12.0. The van der Waals surface area contributed by atoms with Crippen molar-refractivity contribution in [2.24, 2.45) is 0 Å². The van der Waals surface area contributed by atoms with Gasteiger partial charge < -0.3 is 10.6 Å². The zero-order chi connectivity index (χ0) is 18.4. The summed E-state index contributed by atoms with van der Waals surface area (Å²) in [6, 6.07) is 7.94. The maximum absolute atomic E-state index is 9.18. The lowest BCUT2D eigenvalue weighted by Gasteiger charge is -2.11. The number of nitrogens with zero attached hydrogens (tertiary/aromatic N) is 3. The standard InChI is InChI=1S/C20H23N5/c1-6-18-15(4)24-25-20(19(18)10-13(2)22-5)23-12-17-9-7-8-16(11-21)14(17)3/h6-10,22H,2,12H2,1,3-5H3,(H,23,25)/b18-6-,19-10+. The molecular weight excluding hydrogens is 310 g/mol. The topological polar surface area (TPSA) is 73.6 Å². The van der Waals surface area contributed by atoms with E-state index in [0.717, 1.165) is 33.0 Å². The molecule has 1 aromatic heterocycles. The van der Waals surface area contributed by atoms with E-state index in [1.54, 1.807) is 0 Å². The van der Waals surface area contributed by atoms with Crippen LogP contribution in [0.25, 0.3) is 12.2 Å². The lowest BCUT2D eigenvalue weighted by Crippen LogP contribution is -2.33. The van der Waals surface area contributed by atoms with Crippen molar-refractivity contribution in [2.45, 2.75) is 27.3 Å². The largest absolute Gasteiger partial charge is 0.389 e. The van der Waals surface area contributed by atoms with Crippen molar-refractivity contribution in [1.82, 2.24) is 15.5 Å². The van der Waals surface area contributed by atoms with Gasteiger partial charge in [0.05, 0.1) is 17.3 Å². The van der Waals surface area contributed by atoms with Crippen LogP contribution in [0.1, 0.15) is 29.3 Å². The number of nitriles is 1. The zero-order valence-corrected chi connectivity index (χ0v) is 15.1. The van der Waals surface area contributed by atoms with E-state index >= 15 is 0 Å². The molecule has 0 aliphatic rings. The van der Waals surface area contributed by atoms with E-state index in [-0.39, 0.29) is 0 Å². The third-order valence-electron chi connectivity index (χ3n) is 4.18. The van der Waals surface area contributed by atoms with Gasteiger partial charge in [0.1, 0.15) is 0 Å². The van der Waals surface area contributed by atoms with Crippen molar-refractivity contribution in [3.63, 3.8) is 0 Å². The minimum Gasteiger partial charge on any atom is -0.389 e. The van der Waals surface area contributed by atoms with Gasteiger partial charge in [-0.15, -0.1) is 5.10 Å². The third kappa shape index (κ3) is 4.04. The van der Waals surface area contributed by atoms with Crippen molar-refractivity contribution in [1.29, 1.82) is 5.26 Å². The molecule has 0 unspecified atom stereocenters. The molecule has 0 saturated carbocycles. The molecule has 2 aromatic rings. The second-order valence-electron chi connectivity index (χ2n) is 5.72. The third-order valence-corrected chi connectivity index (χ3v) is 4.18. The summed E-state index contributed by atoms with van der Waals surface area (Å²) >= 11 is 0. The predicted molar refractivity (Wildman–Crippen MR) is 102 cm³/mol. The van der Waals surface area contributed by atoms with Gasteiger partial charge in [-0.2, -0.15) is 10.4 Å². The summed E-state index contributed by atoms with van der Waals surface area (Å²) in [6.07, 6.45) is 3.98. The molecule has 1 heterocycles. The Bertz CT molecular complexity index is 951. The van der Waals surface area contributed by atoms with Crippen LogP contribution in [0.3, 0.4) is 0 Å². The summed E-state index contributed by atoms with van der Waals surface area (Å²) in [5.41, 5.74) is 4.38. The molecule has 2 N–H and O–H groups in total. The molecule has 25 heavy (non-hydrogen) atoms. The summed E-state index contributed by atoms with van der Waals surface area (Å²) in [6.45, 7) is 10.4. The van der Waals surface area contributed by atoms with Crippen LogP contribution in [0.15, 0.2) is 30.5 Å². The first kappa shape index (κ1) is 18.2. The second kappa shape index (κ2) is 8.11. The molecule has 0 atom stereocenters. The molecular formula is C20H23N5. The minimum atomic E-state index is 0.565. The highest BCUT2D eigenvalue weighted by molar-refractivity contribution is 5.53. The molecule has 128 valence electrons. The van der Waals surface area contributed by atoms with E-state index in [2.05, 4.69) is 33.5 Å². The molecule has 0 spiro atoms. The molecule has 0 radical (unpaired) electrons. The molecule has 0 saturated heterocycles. The Morgan fingerprint density at radius 1 is 1.28 bits per heavy atom. The van der Waals surface area contributed by atoms with Crippen LogP contribution in [0, 0.1) is 25.2 Å². The number of hydrogen-bond donors (Lipinski definition) is 2. The van der Waals surface area contributed by atoms with E-state index in [1.165, 1.54) is 0 Å². The van der Waals surface area contributed by atoms with Crippen LogP contribution in [0.4, 0.5) is 5.82 Å². The maximum atomic E-state index is 9.18. The number of anilines is 1. The summed E-state index contributed by atoms with van der Waals surface area (Å²) in [5, 5.41) is 26.1. The Morgan fingerprint density at radius 3 is 2.68 bits per heavy atom. The van der Waals surface area contributed by atoms with Crippen molar-refractivity contribution in [3.05, 3.63) is 63.3 Å². The predicted octanol–water partition coefficient (Wildman–Crippen LogP) is 1.89. The van der Waals surface area contributed by atoms with Gasteiger partial charge in [-0.05, 0) is 44.0 Å². The van der Waals surface area contributed by atoms with E-state index in [1.807, 2.05) is 58.2 Å². The number of benzene rings is 1. The van der Waals surface area contributed by atoms with Gasteiger partial charge in [-0.25, -0.2) is 0 Å². The second-order valence-corrected chi connectivity index (χ2v) is 5.72. The monoisotopic (exact) mass is 333 g/mol. The Labute approximate surface area is 148 Å². The summed E-state index contributed by atoms with van der Waals surface area (Å²) in [5.74, 6) is 0.692. The van der Waals surface area contributed by atoms with E-state index in [4.69, 9.17) is 0 Å². The Morgan fingerprint density at radius 2 is 2.04 bits per heavy atom. The lowest BCUT2D eigenvalue weighted by atomic mass is 10.0. The van der Waals surface area contributed by atoms with Gasteiger partial charge in [-0.3, -0.25) is 0 Å². The van der Waals surface area contributed by atoms with Crippen LogP contribution in [0.5, 0.6) is 0 Å². The summed E-state index contributed by atoms with van der Waals surface area (Å²) in [7, 11) is 1.83. The quantitative estimate of drug-likeness (QED) is 0.874. The molecule has 0 aliphatic carbocycles. The average Bonchev–Trinajstić information content (AvgIpc) is 2.62. The first-order chi connectivity index (χ1) is 12.0. The average molecular weight is 333 g/mol. The highest BCUT2D eigenvalue weighted by atomic mass is 15.2. The van der Waals surface area contributed by atoms with Gasteiger partial charge in [0.2, 0.25) is 0 Å². The fourth-order valence-electron chi connectivity index (χ4n) is 2.62. The number of aromatic nitrogens is 2. The summed E-state index contributed by atoms with van der Waals surface area (Å²) < 4.78 is 0. The number of hydrogen-bond acceptors (Lipinski definition) is 5. The number of nitrogens with one attached hydrogen (secondary N) is 2. The number of aryl methyl sites for hydroxylation is 1. The Kier molecular flexibility index (Phi) is 5.91. The van der Waals surface area contributed by atoms with Crippen LogP contribution < -0.4 is 21.1 Å². The lowest BCUT2D eigenvalue weighted by molar-refractivity contribution is 0.936. The van der Waals surface area contributed by atoms with Crippen LogP contribution in [-0.4, -0.2) is 17.2 Å². The van der Waals surface area contributed by atoms with E-state index in [9.17, 15) is 5.26 Å². The molecule has 1 aromatic carbocycles. The van der Waals surface area contributed by atoms with Crippen molar-refractivity contribution in [3.8, 4) is 6.07 Å². The Balaban J connectivity index is 2.46. The molecule has 0 aliphatic heterocycles. The number of allylic oxidation sites excluding steroid dienone is 1. The molecule has 2 rings (SSSR count). The fraction of sp³-hybridized carbons (Fsp3) is 0.250. The SMILES string of the molecule is C=C(/C=c1/c(NCc2cccc(C#N)c2C)nnc(C)/c1=C/C)NC. The first-order valence-corrected chi connectivity index (χ1v) is 8.12. The highest BCUT2D eigenvalue weighted by Gasteiger charge is 2.06. The van der Waals surface area contributed by atoms with Crippen LogP contribution >= 0.6 is 0 Å². The Hall–Kier alpha value is -3.13. The molecule has 5 nitrogen and oxygen atoms in total. The van der Waals surface area contributed by atoms with Crippen LogP contribution in [-0.2, 0) is 6.54 Å². The highest BCUT2D eigenvalue weighted by Crippen LogP contribution is 2.13. The maximum Gasteiger partial charge on any atom is 0.156 e. The van der Waals surface area contributed by atoms with E-state index < -0.39 is 0 Å². The smallest absolute Gasteiger partial charge is 0.156 e. The van der Waals surface area contributed by atoms with Gasteiger partial charge in [0, 0.05) is 29.7 Å². The van der Waals surface area contributed by atoms with Gasteiger partial charge in [0.15, 0.2) is 5.82 Å². The van der Waals surface area contributed by atoms with Crippen molar-refractivity contribution >= 4 is 18.0 Å². The van der Waals surface area contributed by atoms with Gasteiger partial charge >= 0.3 is 0 Å². The molecule has 0 amide bonds. The molecule has 5 heteroatoms. The van der Waals surface area contributed by atoms with Gasteiger partial charge in [-0.1, -0.05) is 24.8 Å². The van der Waals surface area contributed by atoms with Crippen molar-refractivity contribution in [2.75, 3.05) is 12.4 Å².